The molecule has 0 saturated carbocycles. The maximum atomic E-state index is 6.18. The van der Waals surface area contributed by atoms with Crippen molar-refractivity contribution in [2.45, 2.75) is 32.3 Å². The molecule has 0 aliphatic carbocycles. The van der Waals surface area contributed by atoms with E-state index in [9.17, 15) is 0 Å². The molecule has 190 valence electrons. The minimum atomic E-state index is 0.0712. The number of aliphatic imine (C=N–C) groups is 1. The molecule has 0 radical (unpaired) electrons. The minimum Gasteiger partial charge on any atom is -0.492 e. The summed E-state index contributed by atoms with van der Waals surface area (Å²) < 4.78 is 18.0. The smallest absolute Gasteiger partial charge is 0.227 e. The fraction of sp³-hybridized carbons (Fsp3) is 0.464. The lowest BCUT2D eigenvalue weighted by molar-refractivity contribution is 0.142. The number of hydrogen-bond donors (Lipinski definition) is 1. The van der Waals surface area contributed by atoms with Crippen LogP contribution < -0.4 is 10.1 Å². The normalized spacial score (nSPS) is 23.8. The van der Waals surface area contributed by atoms with Gasteiger partial charge < -0.3 is 19.5 Å². The van der Waals surface area contributed by atoms with Gasteiger partial charge in [-0.25, -0.2) is 9.97 Å². The van der Waals surface area contributed by atoms with Crippen LogP contribution >= 0.6 is 0 Å². The van der Waals surface area contributed by atoms with Crippen LogP contribution in [0.2, 0.25) is 0 Å². The van der Waals surface area contributed by atoms with Crippen LogP contribution in [0, 0.1) is 5.92 Å². The average molecular weight is 490 g/mol. The molecule has 3 aliphatic heterocycles. The van der Waals surface area contributed by atoms with Gasteiger partial charge in [0.05, 0.1) is 32.1 Å². The Morgan fingerprint density at radius 2 is 1.92 bits per heavy atom. The van der Waals surface area contributed by atoms with E-state index in [2.05, 4.69) is 33.2 Å². The number of likely N-dealkylation sites (tertiary alicyclic amines) is 1. The molecule has 2 aromatic rings. The number of nitrogens with zero attached hydrogens (tertiary/aromatic N) is 4. The first kappa shape index (κ1) is 24.6. The Balaban J connectivity index is 1.36. The average Bonchev–Trinajstić information content (AvgIpc) is 3.41. The number of anilines is 2. The van der Waals surface area contributed by atoms with Crippen LogP contribution in [0.15, 0.2) is 59.4 Å². The SMILES string of the molecule is CC1C2=CN=CC1c1ccnc(n1)Nc1ccc(OCCN3CCCC3)c(c1)COC/C=C/COC2. The summed E-state index contributed by atoms with van der Waals surface area (Å²) in [4.78, 5) is 16.2. The largest absolute Gasteiger partial charge is 0.492 e. The van der Waals surface area contributed by atoms with Gasteiger partial charge in [-0.2, -0.15) is 0 Å². The zero-order chi connectivity index (χ0) is 24.6. The van der Waals surface area contributed by atoms with E-state index < -0.39 is 0 Å². The molecule has 1 saturated heterocycles. The maximum Gasteiger partial charge on any atom is 0.227 e. The summed E-state index contributed by atoms with van der Waals surface area (Å²) in [6.07, 6.45) is 12.2. The molecule has 1 aromatic carbocycles. The number of ether oxygens (including phenoxy) is 3. The molecular weight excluding hydrogens is 454 g/mol. The summed E-state index contributed by atoms with van der Waals surface area (Å²) in [5, 5.41) is 3.37. The number of benzene rings is 1. The highest BCUT2D eigenvalue weighted by Gasteiger charge is 2.25. The summed E-state index contributed by atoms with van der Waals surface area (Å²) in [5.41, 5.74) is 3.98. The number of hydrogen-bond acceptors (Lipinski definition) is 8. The topological polar surface area (TPSA) is 81.1 Å². The van der Waals surface area contributed by atoms with E-state index in [4.69, 9.17) is 19.2 Å². The van der Waals surface area contributed by atoms with Gasteiger partial charge in [0.25, 0.3) is 0 Å². The predicted octanol–water partition coefficient (Wildman–Crippen LogP) is 4.49. The van der Waals surface area contributed by atoms with E-state index in [1.165, 1.54) is 25.9 Å². The van der Waals surface area contributed by atoms with Gasteiger partial charge in [-0.1, -0.05) is 19.1 Å². The first-order chi connectivity index (χ1) is 17.8. The van der Waals surface area contributed by atoms with Gasteiger partial charge in [-0.15, -0.1) is 0 Å². The highest BCUT2D eigenvalue weighted by molar-refractivity contribution is 5.71. The first-order valence-electron chi connectivity index (χ1n) is 12.9. The quantitative estimate of drug-likeness (QED) is 0.634. The Morgan fingerprint density at radius 3 is 2.78 bits per heavy atom. The van der Waals surface area contributed by atoms with Crippen LogP contribution in [-0.2, 0) is 16.1 Å². The van der Waals surface area contributed by atoms with Crippen molar-refractivity contribution in [3.63, 3.8) is 0 Å². The van der Waals surface area contributed by atoms with Gasteiger partial charge in [0.1, 0.15) is 12.4 Å². The number of aromatic nitrogens is 2. The fourth-order valence-corrected chi connectivity index (χ4v) is 4.78. The molecule has 0 spiro atoms. The van der Waals surface area contributed by atoms with Crippen LogP contribution in [0.1, 0.15) is 36.9 Å². The van der Waals surface area contributed by atoms with Crippen LogP contribution in [0.25, 0.3) is 0 Å². The molecule has 2 unspecified atom stereocenters. The third kappa shape index (κ3) is 6.37. The van der Waals surface area contributed by atoms with E-state index in [0.717, 1.165) is 34.8 Å². The molecule has 6 bridgehead atoms. The van der Waals surface area contributed by atoms with Crippen LogP contribution in [0.4, 0.5) is 11.6 Å². The van der Waals surface area contributed by atoms with Crippen molar-refractivity contribution in [1.29, 1.82) is 0 Å². The number of nitrogens with one attached hydrogen (secondary N) is 1. The lowest BCUT2D eigenvalue weighted by Gasteiger charge is -2.25. The molecule has 1 aromatic heterocycles. The molecule has 4 heterocycles. The van der Waals surface area contributed by atoms with Crippen molar-refractivity contribution in [2.75, 3.05) is 51.4 Å². The molecule has 8 heteroatoms. The van der Waals surface area contributed by atoms with Gasteiger partial charge in [-0.05, 0) is 61.7 Å². The molecule has 0 amide bonds. The van der Waals surface area contributed by atoms with E-state index in [0.29, 0.717) is 39.0 Å². The zero-order valence-electron chi connectivity index (χ0n) is 20.9. The second-order valence-corrected chi connectivity index (χ2v) is 9.47. The predicted molar refractivity (Wildman–Crippen MR) is 141 cm³/mol. The Bertz CT molecular complexity index is 1110. The fourth-order valence-electron chi connectivity index (χ4n) is 4.78. The van der Waals surface area contributed by atoms with Crippen molar-refractivity contribution in [3.8, 4) is 5.75 Å². The first-order valence-corrected chi connectivity index (χ1v) is 12.9. The monoisotopic (exact) mass is 489 g/mol. The van der Waals surface area contributed by atoms with Crippen LogP contribution in [0.5, 0.6) is 5.75 Å². The van der Waals surface area contributed by atoms with Crippen molar-refractivity contribution in [3.05, 3.63) is 65.6 Å². The van der Waals surface area contributed by atoms with Gasteiger partial charge in [0, 0.05) is 42.3 Å². The van der Waals surface area contributed by atoms with Crippen molar-refractivity contribution in [1.82, 2.24) is 14.9 Å². The summed E-state index contributed by atoms with van der Waals surface area (Å²) in [6.45, 7) is 8.16. The highest BCUT2D eigenvalue weighted by Crippen LogP contribution is 2.31. The second-order valence-electron chi connectivity index (χ2n) is 9.47. The van der Waals surface area contributed by atoms with Crippen molar-refractivity contribution >= 4 is 17.9 Å². The molecule has 5 rings (SSSR count). The Kier molecular flexibility index (Phi) is 8.38. The number of rotatable bonds is 4. The minimum absolute atomic E-state index is 0.0712. The lowest BCUT2D eigenvalue weighted by Crippen LogP contribution is -2.25. The molecular formula is C28H35N5O3. The second kappa shape index (κ2) is 12.3. The van der Waals surface area contributed by atoms with Gasteiger partial charge in [-0.3, -0.25) is 9.89 Å². The van der Waals surface area contributed by atoms with Crippen LogP contribution in [-0.4, -0.2) is 67.1 Å². The standard InChI is InChI=1S/C28H35N5O3/c1-21-23-17-29-18-25(21)26-8-9-30-28(32-26)31-24-6-7-27(36-15-12-33-10-2-3-11-33)22(16-24)19-34-13-4-5-14-35-20-23/h4-9,16-18,21,25H,2-3,10-15,19-20H2,1H3,(H,30,31,32)/b5-4+. The molecule has 1 fully saturated rings. The van der Waals surface area contributed by atoms with Crippen LogP contribution in [0.3, 0.4) is 0 Å². The summed E-state index contributed by atoms with van der Waals surface area (Å²) in [7, 11) is 0. The maximum absolute atomic E-state index is 6.18. The molecule has 1 N–H and O–H groups in total. The molecule has 8 nitrogen and oxygen atoms in total. The Labute approximate surface area is 213 Å². The van der Waals surface area contributed by atoms with Gasteiger partial charge >= 0.3 is 0 Å². The Morgan fingerprint density at radius 1 is 1.08 bits per heavy atom. The van der Waals surface area contributed by atoms with E-state index in [1.807, 2.05) is 42.8 Å². The van der Waals surface area contributed by atoms with E-state index in [-0.39, 0.29) is 11.8 Å². The number of fused-ring (bicyclic) bond motifs is 7. The Hall–Kier alpha value is -3.07. The van der Waals surface area contributed by atoms with E-state index >= 15 is 0 Å². The molecule has 2 atom stereocenters. The summed E-state index contributed by atoms with van der Waals surface area (Å²) >= 11 is 0. The molecule has 3 aliphatic rings. The third-order valence-corrected chi connectivity index (χ3v) is 6.93. The summed E-state index contributed by atoms with van der Waals surface area (Å²) in [5.74, 6) is 1.71. The van der Waals surface area contributed by atoms with Gasteiger partial charge in [0.2, 0.25) is 5.95 Å². The van der Waals surface area contributed by atoms with Crippen molar-refractivity contribution < 1.29 is 14.2 Å². The zero-order valence-corrected chi connectivity index (χ0v) is 20.9. The summed E-state index contributed by atoms with van der Waals surface area (Å²) in [6, 6.07) is 8.03. The lowest BCUT2D eigenvalue weighted by atomic mass is 9.85. The van der Waals surface area contributed by atoms with Gasteiger partial charge in [0.15, 0.2) is 0 Å². The van der Waals surface area contributed by atoms with E-state index in [1.54, 1.807) is 6.20 Å². The highest BCUT2D eigenvalue weighted by atomic mass is 16.5. The third-order valence-electron chi connectivity index (χ3n) is 6.93. The van der Waals surface area contributed by atoms with Crippen molar-refractivity contribution in [2.24, 2.45) is 10.9 Å². The molecule has 36 heavy (non-hydrogen) atoms.